The van der Waals surface area contributed by atoms with Gasteiger partial charge in [-0.3, -0.25) is 9.59 Å². The van der Waals surface area contributed by atoms with Crippen LogP contribution in [0.1, 0.15) is 26.7 Å². The number of carbonyl (C=O) groups is 3. The molecule has 0 radical (unpaired) electrons. The van der Waals surface area contributed by atoms with Crippen molar-refractivity contribution in [1.82, 2.24) is 20.5 Å². The number of H-pyrrole nitrogens is 1. The van der Waals surface area contributed by atoms with Crippen LogP contribution in [0.3, 0.4) is 0 Å². The highest BCUT2D eigenvalue weighted by Gasteiger charge is 2.75. The average Bonchev–Trinajstić information content (AvgIpc) is 2.97. The van der Waals surface area contributed by atoms with Gasteiger partial charge in [0, 0.05) is 11.2 Å². The summed E-state index contributed by atoms with van der Waals surface area (Å²) in [5, 5.41) is 29.7. The summed E-state index contributed by atoms with van der Waals surface area (Å²) in [6.07, 6.45) is 1.91. The van der Waals surface area contributed by atoms with Crippen LogP contribution in [-0.2, 0) is 14.4 Å². The molecule has 0 bridgehead atoms. The third kappa shape index (κ3) is 3.96. The molecular formula is C16H24ClN5O5S. The molecule has 3 rings (SSSR count). The zero-order valence-corrected chi connectivity index (χ0v) is 17.0. The number of carboxylic acid groups (broad SMARTS) is 2. The van der Waals surface area contributed by atoms with Gasteiger partial charge in [0.2, 0.25) is 5.91 Å². The van der Waals surface area contributed by atoms with Crippen molar-refractivity contribution in [3.63, 3.8) is 0 Å². The SMILES string of the molecule is CC(C)C[C@H](N)C(=O)N[C@@]1(C(=O)O)C[C@@H](Sc2nnc[nH]2)[C@H]2[C@H](C(=O)O)[C@H]21.Cl. The Labute approximate surface area is 171 Å². The van der Waals surface area contributed by atoms with Crippen LogP contribution in [0.5, 0.6) is 0 Å². The number of carbonyl (C=O) groups excluding carboxylic acids is 1. The lowest BCUT2D eigenvalue weighted by atomic mass is 9.89. The summed E-state index contributed by atoms with van der Waals surface area (Å²) in [7, 11) is 0. The van der Waals surface area contributed by atoms with Gasteiger partial charge in [0.25, 0.3) is 0 Å². The number of rotatable bonds is 8. The van der Waals surface area contributed by atoms with E-state index in [-0.39, 0.29) is 35.9 Å². The van der Waals surface area contributed by atoms with Crippen LogP contribution in [0, 0.1) is 23.7 Å². The summed E-state index contributed by atoms with van der Waals surface area (Å²) in [5.41, 5.74) is 4.26. The molecule has 1 aromatic rings. The second kappa shape index (κ2) is 8.26. The van der Waals surface area contributed by atoms with Gasteiger partial charge in [-0.1, -0.05) is 25.6 Å². The second-order valence-electron chi connectivity index (χ2n) is 7.62. The summed E-state index contributed by atoms with van der Waals surface area (Å²) in [5.74, 6) is -4.54. The molecule has 2 fully saturated rings. The Hall–Kier alpha value is -1.85. The number of thioether (sulfide) groups is 1. The number of nitrogens with one attached hydrogen (secondary N) is 2. The van der Waals surface area contributed by atoms with Gasteiger partial charge in [0.15, 0.2) is 5.16 Å². The zero-order valence-electron chi connectivity index (χ0n) is 15.4. The van der Waals surface area contributed by atoms with Crippen molar-refractivity contribution in [3.05, 3.63) is 6.33 Å². The summed E-state index contributed by atoms with van der Waals surface area (Å²) in [4.78, 5) is 39.1. The third-order valence-electron chi connectivity index (χ3n) is 5.33. The van der Waals surface area contributed by atoms with Crippen molar-refractivity contribution in [3.8, 4) is 0 Å². The van der Waals surface area contributed by atoms with E-state index in [4.69, 9.17) is 5.73 Å². The van der Waals surface area contributed by atoms with Gasteiger partial charge in [-0.25, -0.2) is 4.79 Å². The minimum atomic E-state index is -1.64. The lowest BCUT2D eigenvalue weighted by molar-refractivity contribution is -0.150. The van der Waals surface area contributed by atoms with Gasteiger partial charge in [0.05, 0.1) is 12.0 Å². The molecule has 12 heteroatoms. The quantitative estimate of drug-likeness (QED) is 0.387. The van der Waals surface area contributed by atoms with Crippen molar-refractivity contribution in [2.24, 2.45) is 29.4 Å². The maximum absolute atomic E-state index is 12.5. The number of fused-ring (bicyclic) bond motifs is 1. The molecule has 0 unspecified atom stereocenters. The molecule has 0 saturated heterocycles. The first-order valence-electron chi connectivity index (χ1n) is 8.74. The Balaban J connectivity index is 0.00000280. The lowest BCUT2D eigenvalue weighted by Crippen LogP contribution is -2.60. The molecule has 0 aromatic carbocycles. The summed E-state index contributed by atoms with van der Waals surface area (Å²) in [6, 6.07) is -0.845. The molecule has 156 valence electrons. The molecule has 1 heterocycles. The third-order valence-corrected chi connectivity index (χ3v) is 6.54. The smallest absolute Gasteiger partial charge is 0.329 e. The van der Waals surface area contributed by atoms with Gasteiger partial charge < -0.3 is 26.2 Å². The van der Waals surface area contributed by atoms with E-state index in [0.29, 0.717) is 11.6 Å². The fourth-order valence-electron chi connectivity index (χ4n) is 4.20. The van der Waals surface area contributed by atoms with E-state index >= 15 is 0 Å². The molecule has 6 N–H and O–H groups in total. The maximum Gasteiger partial charge on any atom is 0.329 e. The molecule has 1 aromatic heterocycles. The first-order valence-corrected chi connectivity index (χ1v) is 9.62. The monoisotopic (exact) mass is 433 g/mol. The van der Waals surface area contributed by atoms with Crippen molar-refractivity contribution in [2.45, 2.75) is 48.7 Å². The van der Waals surface area contributed by atoms with Gasteiger partial charge in [0.1, 0.15) is 11.9 Å². The molecule has 10 nitrogen and oxygen atoms in total. The van der Waals surface area contributed by atoms with Crippen molar-refractivity contribution in [1.29, 1.82) is 0 Å². The number of hydrogen-bond acceptors (Lipinski definition) is 7. The molecule has 28 heavy (non-hydrogen) atoms. The summed E-state index contributed by atoms with van der Waals surface area (Å²) < 4.78 is 0. The van der Waals surface area contributed by atoms with Crippen LogP contribution in [0.4, 0.5) is 0 Å². The first kappa shape index (κ1) is 22.4. The highest BCUT2D eigenvalue weighted by molar-refractivity contribution is 7.99. The lowest BCUT2D eigenvalue weighted by Gasteiger charge is -2.31. The highest BCUT2D eigenvalue weighted by Crippen LogP contribution is 2.65. The highest BCUT2D eigenvalue weighted by atomic mass is 35.5. The Morgan fingerprint density at radius 1 is 1.43 bits per heavy atom. The topological polar surface area (TPSA) is 171 Å². The number of aromatic amines is 1. The predicted octanol–water partition coefficient (Wildman–Crippen LogP) is 0.351. The fourth-order valence-corrected chi connectivity index (χ4v) is 5.54. The van der Waals surface area contributed by atoms with Crippen LogP contribution >= 0.6 is 24.2 Å². The number of nitrogens with two attached hydrogens (primary N) is 1. The normalized spacial score (nSPS) is 31.6. The van der Waals surface area contributed by atoms with E-state index in [2.05, 4.69) is 20.5 Å². The standard InChI is InChI=1S/C16H23N5O5S.ClH/c1-6(2)3-7(17)12(22)20-16(14(25)26)4-8(27-15-18-5-19-21-15)9-10(11(9)16)13(23)24;/h5-11H,3-4,17H2,1-2H3,(H,20,22)(H,23,24)(H,25,26)(H,18,19,21);1H/t7-,8+,9-,10-,11-,16-;/m0./s1. The first-order chi connectivity index (χ1) is 12.7. The Morgan fingerprint density at radius 3 is 2.61 bits per heavy atom. The predicted molar refractivity (Wildman–Crippen MR) is 102 cm³/mol. The van der Waals surface area contributed by atoms with E-state index in [9.17, 15) is 24.6 Å². The average molecular weight is 434 g/mol. The van der Waals surface area contributed by atoms with Crippen LogP contribution in [0.15, 0.2) is 11.5 Å². The van der Waals surface area contributed by atoms with Gasteiger partial charge >= 0.3 is 11.9 Å². The molecular weight excluding hydrogens is 410 g/mol. The zero-order chi connectivity index (χ0) is 19.9. The Bertz CT molecular complexity index is 748. The number of amides is 1. The van der Waals surface area contributed by atoms with Crippen LogP contribution < -0.4 is 11.1 Å². The van der Waals surface area contributed by atoms with E-state index in [1.165, 1.54) is 18.1 Å². The van der Waals surface area contributed by atoms with Gasteiger partial charge in [-0.05, 0) is 24.7 Å². The summed E-state index contributed by atoms with van der Waals surface area (Å²) >= 11 is 1.26. The second-order valence-corrected chi connectivity index (χ2v) is 8.85. The molecule has 6 atom stereocenters. The van der Waals surface area contributed by atoms with E-state index in [1.807, 2.05) is 13.8 Å². The van der Waals surface area contributed by atoms with Crippen LogP contribution in [0.2, 0.25) is 0 Å². The number of aromatic nitrogens is 3. The number of aliphatic carboxylic acids is 2. The molecule has 0 spiro atoms. The maximum atomic E-state index is 12.5. The summed E-state index contributed by atoms with van der Waals surface area (Å²) in [6.45, 7) is 3.83. The van der Waals surface area contributed by atoms with E-state index in [1.54, 1.807) is 0 Å². The number of carboxylic acids is 2. The number of hydrogen-bond donors (Lipinski definition) is 5. The number of halogens is 1. The molecule has 2 aliphatic rings. The minimum absolute atomic E-state index is 0. The van der Waals surface area contributed by atoms with Crippen molar-refractivity contribution >= 4 is 42.0 Å². The van der Waals surface area contributed by atoms with Gasteiger partial charge in [-0.15, -0.1) is 22.6 Å². The van der Waals surface area contributed by atoms with Crippen LogP contribution in [0.25, 0.3) is 0 Å². The van der Waals surface area contributed by atoms with Crippen molar-refractivity contribution < 1.29 is 24.6 Å². The molecule has 0 aliphatic heterocycles. The van der Waals surface area contributed by atoms with Gasteiger partial charge in [-0.2, -0.15) is 0 Å². The molecule has 1 amide bonds. The molecule has 2 saturated carbocycles. The number of nitrogens with zero attached hydrogens (tertiary/aromatic N) is 2. The van der Waals surface area contributed by atoms with E-state index < -0.39 is 41.3 Å². The fraction of sp³-hybridized carbons (Fsp3) is 0.688. The minimum Gasteiger partial charge on any atom is -0.481 e. The van der Waals surface area contributed by atoms with E-state index in [0.717, 1.165) is 0 Å². The molecule has 2 aliphatic carbocycles. The van der Waals surface area contributed by atoms with Crippen LogP contribution in [-0.4, -0.2) is 60.1 Å². The Morgan fingerprint density at radius 2 is 2.11 bits per heavy atom. The van der Waals surface area contributed by atoms with Crippen molar-refractivity contribution in [2.75, 3.05) is 0 Å². The Kier molecular flexibility index (Phi) is 6.62. The largest absolute Gasteiger partial charge is 0.481 e.